The van der Waals surface area contributed by atoms with Crippen molar-refractivity contribution in [3.05, 3.63) is 106 Å². The Balaban J connectivity index is 1.16. The van der Waals surface area contributed by atoms with Crippen molar-refractivity contribution < 1.29 is 4.74 Å². The molecular formula is C32H36N6O2. The van der Waals surface area contributed by atoms with Crippen molar-refractivity contribution in [2.24, 2.45) is 0 Å². The van der Waals surface area contributed by atoms with Gasteiger partial charge in [0.05, 0.1) is 24.9 Å². The smallest absolute Gasteiger partial charge is 0.277 e. The number of imidazole rings is 1. The van der Waals surface area contributed by atoms with Gasteiger partial charge in [0, 0.05) is 45.2 Å². The van der Waals surface area contributed by atoms with E-state index in [9.17, 15) is 4.79 Å². The molecule has 0 amide bonds. The minimum Gasteiger partial charge on any atom is -0.481 e. The van der Waals surface area contributed by atoms with E-state index in [1.807, 2.05) is 28.0 Å². The number of benzene rings is 2. The second-order valence-corrected chi connectivity index (χ2v) is 10.4. The van der Waals surface area contributed by atoms with Gasteiger partial charge in [-0.05, 0) is 30.2 Å². The summed E-state index contributed by atoms with van der Waals surface area (Å²) in [5, 5.41) is 0. The molecule has 2 aromatic carbocycles. The van der Waals surface area contributed by atoms with Crippen LogP contribution in [0.3, 0.4) is 0 Å². The predicted molar refractivity (Wildman–Crippen MR) is 158 cm³/mol. The molecule has 0 saturated carbocycles. The Morgan fingerprint density at radius 1 is 0.850 bits per heavy atom. The van der Waals surface area contributed by atoms with Gasteiger partial charge in [0.2, 0.25) is 5.88 Å². The summed E-state index contributed by atoms with van der Waals surface area (Å²) in [7, 11) is 1.61. The van der Waals surface area contributed by atoms with E-state index in [-0.39, 0.29) is 11.6 Å². The summed E-state index contributed by atoms with van der Waals surface area (Å²) in [6, 6.07) is 25.6. The van der Waals surface area contributed by atoms with E-state index in [1.165, 1.54) is 11.1 Å². The molecule has 40 heavy (non-hydrogen) atoms. The molecule has 206 valence electrons. The summed E-state index contributed by atoms with van der Waals surface area (Å²) in [5.41, 5.74) is 4.73. The van der Waals surface area contributed by atoms with E-state index >= 15 is 0 Å². The molecule has 0 unspecified atom stereocenters. The molecule has 1 saturated heterocycles. The van der Waals surface area contributed by atoms with Crippen molar-refractivity contribution in [2.45, 2.75) is 32.4 Å². The average molecular weight is 537 g/mol. The van der Waals surface area contributed by atoms with Crippen LogP contribution >= 0.6 is 0 Å². The Bertz CT molecular complexity index is 1600. The van der Waals surface area contributed by atoms with E-state index in [0.717, 1.165) is 50.5 Å². The standard InChI is InChI=1S/C32H36N6O2/c1-3-28-33-23-27-32(39)37(26-15-16-29(40-2)34-31(26)38(27)28)18-10-17-35-19-21-36(22-20-35)30(24-11-6-4-7-12-24)25-13-8-5-9-14-25/h4-9,11-16,23,30H,3,10,17-22H2,1-2H3. The highest BCUT2D eigenvalue weighted by molar-refractivity contribution is 5.76. The van der Waals surface area contributed by atoms with Crippen LogP contribution in [0.2, 0.25) is 0 Å². The molecule has 0 N–H and O–H groups in total. The number of aryl methyl sites for hydroxylation is 2. The van der Waals surface area contributed by atoms with Crippen molar-refractivity contribution >= 4 is 16.7 Å². The first kappa shape index (κ1) is 26.2. The van der Waals surface area contributed by atoms with Gasteiger partial charge in [-0.15, -0.1) is 0 Å². The molecule has 3 aromatic heterocycles. The van der Waals surface area contributed by atoms with Crippen LogP contribution in [0.5, 0.6) is 5.88 Å². The molecule has 0 bridgehead atoms. The molecular weight excluding hydrogens is 500 g/mol. The third kappa shape index (κ3) is 5.00. The Labute approximate surface area is 234 Å². The molecule has 0 radical (unpaired) electrons. The van der Waals surface area contributed by atoms with E-state index in [1.54, 1.807) is 13.3 Å². The minimum absolute atomic E-state index is 0.0231. The molecule has 0 atom stereocenters. The van der Waals surface area contributed by atoms with Crippen LogP contribution in [-0.4, -0.2) is 68.6 Å². The number of rotatable bonds is 9. The summed E-state index contributed by atoms with van der Waals surface area (Å²) in [6.07, 6.45) is 3.27. The van der Waals surface area contributed by atoms with E-state index < -0.39 is 0 Å². The number of pyridine rings is 1. The number of methoxy groups -OCH3 is 1. The van der Waals surface area contributed by atoms with Gasteiger partial charge >= 0.3 is 0 Å². The molecule has 6 rings (SSSR count). The number of hydrogen-bond donors (Lipinski definition) is 0. The van der Waals surface area contributed by atoms with Crippen LogP contribution < -0.4 is 10.3 Å². The first-order chi connectivity index (χ1) is 19.7. The fourth-order valence-electron chi connectivity index (χ4n) is 5.99. The second-order valence-electron chi connectivity index (χ2n) is 10.4. The lowest BCUT2D eigenvalue weighted by Gasteiger charge is -2.40. The fourth-order valence-corrected chi connectivity index (χ4v) is 5.99. The van der Waals surface area contributed by atoms with Crippen molar-refractivity contribution in [2.75, 3.05) is 39.8 Å². The van der Waals surface area contributed by atoms with Gasteiger partial charge < -0.3 is 14.2 Å². The van der Waals surface area contributed by atoms with Gasteiger partial charge in [0.15, 0.2) is 5.65 Å². The minimum atomic E-state index is -0.0231. The Kier molecular flexibility index (Phi) is 7.62. The first-order valence-electron chi connectivity index (χ1n) is 14.2. The van der Waals surface area contributed by atoms with E-state index in [0.29, 0.717) is 30.0 Å². The van der Waals surface area contributed by atoms with E-state index in [4.69, 9.17) is 9.72 Å². The van der Waals surface area contributed by atoms with Crippen LogP contribution in [0.15, 0.2) is 83.8 Å². The van der Waals surface area contributed by atoms with Gasteiger partial charge in [0.25, 0.3) is 5.56 Å². The highest BCUT2D eigenvalue weighted by Gasteiger charge is 2.26. The monoisotopic (exact) mass is 536 g/mol. The van der Waals surface area contributed by atoms with Crippen LogP contribution in [0.4, 0.5) is 0 Å². The number of ether oxygens (including phenoxy) is 1. The van der Waals surface area contributed by atoms with Gasteiger partial charge in [0.1, 0.15) is 11.3 Å². The average Bonchev–Trinajstić information content (AvgIpc) is 3.45. The quantitative estimate of drug-likeness (QED) is 0.278. The molecule has 0 spiro atoms. The molecule has 1 aliphatic heterocycles. The van der Waals surface area contributed by atoms with Crippen molar-refractivity contribution in [3.8, 4) is 5.88 Å². The van der Waals surface area contributed by atoms with Crippen LogP contribution in [0, 0.1) is 0 Å². The molecule has 1 fully saturated rings. The lowest BCUT2D eigenvalue weighted by Crippen LogP contribution is -2.48. The zero-order valence-corrected chi connectivity index (χ0v) is 23.2. The highest BCUT2D eigenvalue weighted by atomic mass is 16.5. The SMILES string of the molecule is CCc1ncc2c(=O)n(CCCN3CCN(C(c4ccccc4)c4ccccc4)CC3)c3ccc(OC)nc3n12. The lowest BCUT2D eigenvalue weighted by molar-refractivity contribution is 0.108. The lowest BCUT2D eigenvalue weighted by atomic mass is 9.96. The number of piperazine rings is 1. The number of fused-ring (bicyclic) bond motifs is 3. The third-order valence-electron chi connectivity index (χ3n) is 8.01. The topological polar surface area (TPSA) is 67.9 Å². The second kappa shape index (κ2) is 11.6. The molecule has 5 aromatic rings. The van der Waals surface area contributed by atoms with Crippen molar-refractivity contribution in [3.63, 3.8) is 0 Å². The van der Waals surface area contributed by atoms with E-state index in [2.05, 4.69) is 75.4 Å². The summed E-state index contributed by atoms with van der Waals surface area (Å²) in [5.74, 6) is 1.35. The predicted octanol–water partition coefficient (Wildman–Crippen LogP) is 4.41. The van der Waals surface area contributed by atoms with Gasteiger partial charge in [-0.3, -0.25) is 14.1 Å². The van der Waals surface area contributed by atoms with Crippen LogP contribution in [-0.2, 0) is 13.0 Å². The summed E-state index contributed by atoms with van der Waals surface area (Å²) in [6.45, 7) is 7.62. The maximum atomic E-state index is 13.5. The van der Waals surface area contributed by atoms with Gasteiger partial charge in [-0.2, -0.15) is 4.98 Å². The Morgan fingerprint density at radius 3 is 2.15 bits per heavy atom. The Hall–Kier alpha value is -4.01. The molecule has 0 aliphatic carbocycles. The Morgan fingerprint density at radius 2 is 1.52 bits per heavy atom. The summed E-state index contributed by atoms with van der Waals surface area (Å²) in [4.78, 5) is 27.8. The maximum Gasteiger partial charge on any atom is 0.277 e. The molecule has 1 aliphatic rings. The van der Waals surface area contributed by atoms with Gasteiger partial charge in [-0.1, -0.05) is 67.6 Å². The fraction of sp³-hybridized carbons (Fsp3) is 0.344. The normalized spacial score (nSPS) is 14.9. The van der Waals surface area contributed by atoms with Gasteiger partial charge in [-0.25, -0.2) is 4.98 Å². The first-order valence-corrected chi connectivity index (χ1v) is 14.2. The van der Waals surface area contributed by atoms with Crippen LogP contribution in [0.25, 0.3) is 16.7 Å². The molecule has 8 nitrogen and oxygen atoms in total. The summed E-state index contributed by atoms with van der Waals surface area (Å²) < 4.78 is 9.13. The largest absolute Gasteiger partial charge is 0.481 e. The van der Waals surface area contributed by atoms with Crippen molar-refractivity contribution in [1.29, 1.82) is 0 Å². The number of hydrogen-bond acceptors (Lipinski definition) is 6. The molecule has 8 heteroatoms. The summed E-state index contributed by atoms with van der Waals surface area (Å²) >= 11 is 0. The zero-order valence-electron chi connectivity index (χ0n) is 23.2. The highest BCUT2D eigenvalue weighted by Crippen LogP contribution is 2.29. The zero-order chi connectivity index (χ0) is 27.5. The van der Waals surface area contributed by atoms with Crippen molar-refractivity contribution in [1.82, 2.24) is 28.7 Å². The van der Waals surface area contributed by atoms with Crippen LogP contribution in [0.1, 0.15) is 36.3 Å². The number of aromatic nitrogens is 4. The maximum absolute atomic E-state index is 13.5. The third-order valence-corrected chi connectivity index (χ3v) is 8.01. The molecule has 4 heterocycles. The number of nitrogens with zero attached hydrogens (tertiary/aromatic N) is 6.